The zero-order chi connectivity index (χ0) is 19.1. The fourth-order valence-electron chi connectivity index (χ4n) is 4.09. The van der Waals surface area contributed by atoms with Crippen LogP contribution in [-0.4, -0.2) is 21.5 Å². The van der Waals surface area contributed by atoms with Gasteiger partial charge in [-0.1, -0.05) is 23.7 Å². The number of nitrogens with one attached hydrogen (secondary N) is 2. The van der Waals surface area contributed by atoms with E-state index in [1.54, 1.807) is 29.5 Å². The molecule has 0 aliphatic carbocycles. The number of halogens is 1. The molecule has 7 heteroatoms. The van der Waals surface area contributed by atoms with Crippen molar-refractivity contribution in [1.82, 2.24) is 15.0 Å². The first-order chi connectivity index (χ1) is 13.7. The Kier molecular flexibility index (Phi) is 4.62. The van der Waals surface area contributed by atoms with Gasteiger partial charge in [0.2, 0.25) is 0 Å². The SMILES string of the molecule is O=c1[nH]c(C[NH+]2CCCC[C@@H]2c2nc3ccccc3s2)nc2cc(Cl)ccc12. The van der Waals surface area contributed by atoms with E-state index in [2.05, 4.69) is 28.2 Å². The molecule has 0 radical (unpaired) electrons. The summed E-state index contributed by atoms with van der Waals surface area (Å²) in [7, 11) is 0. The molecule has 1 aliphatic rings. The number of hydrogen-bond acceptors (Lipinski definition) is 4. The molecule has 1 fully saturated rings. The molecular weight excluding hydrogens is 392 g/mol. The zero-order valence-electron chi connectivity index (χ0n) is 15.2. The Hall–Kier alpha value is -2.28. The first-order valence-electron chi connectivity index (χ1n) is 9.56. The van der Waals surface area contributed by atoms with Crippen molar-refractivity contribution in [3.05, 3.63) is 68.7 Å². The molecule has 2 aromatic carbocycles. The number of thiazole rings is 1. The quantitative estimate of drug-likeness (QED) is 0.542. The van der Waals surface area contributed by atoms with Crippen LogP contribution in [0, 0.1) is 0 Å². The van der Waals surface area contributed by atoms with Gasteiger partial charge in [0.15, 0.2) is 10.8 Å². The molecule has 0 amide bonds. The van der Waals surface area contributed by atoms with Crippen LogP contribution >= 0.6 is 22.9 Å². The Morgan fingerprint density at radius 2 is 2.04 bits per heavy atom. The molecule has 2 atom stereocenters. The molecule has 2 aromatic heterocycles. The topological polar surface area (TPSA) is 63.1 Å². The van der Waals surface area contributed by atoms with E-state index in [0.717, 1.165) is 18.5 Å². The monoisotopic (exact) mass is 411 g/mol. The summed E-state index contributed by atoms with van der Waals surface area (Å²) in [6.45, 7) is 1.73. The number of rotatable bonds is 3. The van der Waals surface area contributed by atoms with Crippen LogP contribution in [0.15, 0.2) is 47.3 Å². The maximum absolute atomic E-state index is 12.5. The van der Waals surface area contributed by atoms with Gasteiger partial charge in [-0.15, -0.1) is 11.3 Å². The van der Waals surface area contributed by atoms with Gasteiger partial charge in [-0.05, 0) is 43.2 Å². The molecule has 0 spiro atoms. The van der Waals surface area contributed by atoms with Crippen molar-refractivity contribution in [2.75, 3.05) is 6.54 Å². The average molecular weight is 412 g/mol. The second kappa shape index (κ2) is 7.28. The number of para-hydroxylation sites is 1. The van der Waals surface area contributed by atoms with Crippen LogP contribution in [0.1, 0.15) is 36.1 Å². The number of piperidine rings is 1. The van der Waals surface area contributed by atoms with Crippen LogP contribution in [0.3, 0.4) is 0 Å². The second-order valence-corrected chi connectivity index (χ2v) is 8.83. The average Bonchev–Trinajstić information content (AvgIpc) is 3.12. The van der Waals surface area contributed by atoms with Gasteiger partial charge in [-0.3, -0.25) is 4.79 Å². The Bertz CT molecular complexity index is 1180. The van der Waals surface area contributed by atoms with E-state index in [9.17, 15) is 4.79 Å². The highest BCUT2D eigenvalue weighted by Crippen LogP contribution is 2.28. The molecule has 5 rings (SSSR count). The van der Waals surface area contributed by atoms with E-state index in [-0.39, 0.29) is 5.56 Å². The van der Waals surface area contributed by atoms with Crippen LogP contribution in [0.2, 0.25) is 5.02 Å². The summed E-state index contributed by atoms with van der Waals surface area (Å²) in [6.07, 6.45) is 3.50. The number of quaternary nitrogens is 1. The lowest BCUT2D eigenvalue weighted by molar-refractivity contribution is -0.950. The molecule has 2 N–H and O–H groups in total. The number of benzene rings is 2. The molecule has 4 aromatic rings. The molecule has 0 saturated carbocycles. The minimum atomic E-state index is -0.107. The number of hydrogen-bond donors (Lipinski definition) is 2. The standard InChI is InChI=1S/C21H19ClN4OS/c22-13-8-9-14-16(11-13)23-19(25-20(14)27)12-26-10-4-3-6-17(26)21-24-15-5-1-2-7-18(15)28-21/h1-2,5,7-9,11,17H,3-4,6,10,12H2,(H,23,25,27)/p+1/t17-/m1/s1. The summed E-state index contributed by atoms with van der Waals surface area (Å²) in [5, 5.41) is 2.35. The highest BCUT2D eigenvalue weighted by atomic mass is 35.5. The lowest BCUT2D eigenvalue weighted by Gasteiger charge is -2.30. The fraction of sp³-hybridized carbons (Fsp3) is 0.286. The number of aromatic nitrogens is 3. The van der Waals surface area contributed by atoms with Crippen molar-refractivity contribution in [1.29, 1.82) is 0 Å². The number of H-pyrrole nitrogens is 1. The van der Waals surface area contributed by atoms with Gasteiger partial charge >= 0.3 is 0 Å². The Labute approximate surface area is 171 Å². The van der Waals surface area contributed by atoms with Crippen molar-refractivity contribution in [3.8, 4) is 0 Å². The van der Waals surface area contributed by atoms with Crippen LogP contribution in [0.4, 0.5) is 0 Å². The zero-order valence-corrected chi connectivity index (χ0v) is 16.8. The maximum Gasteiger partial charge on any atom is 0.258 e. The van der Waals surface area contributed by atoms with Gasteiger partial charge < -0.3 is 9.88 Å². The van der Waals surface area contributed by atoms with Gasteiger partial charge in [0.25, 0.3) is 5.56 Å². The first-order valence-corrected chi connectivity index (χ1v) is 10.8. The van der Waals surface area contributed by atoms with Crippen molar-refractivity contribution >= 4 is 44.1 Å². The summed E-state index contributed by atoms with van der Waals surface area (Å²) in [4.78, 5) is 26.4. The lowest BCUT2D eigenvalue weighted by Crippen LogP contribution is -3.11. The number of likely N-dealkylation sites (tertiary alicyclic amines) is 1. The molecular formula is C21H20ClN4OS+. The molecule has 1 unspecified atom stereocenters. The van der Waals surface area contributed by atoms with E-state index in [4.69, 9.17) is 16.6 Å². The van der Waals surface area contributed by atoms with Crippen molar-refractivity contribution in [2.24, 2.45) is 0 Å². The third-order valence-electron chi connectivity index (χ3n) is 5.45. The van der Waals surface area contributed by atoms with Gasteiger partial charge in [0.1, 0.15) is 12.6 Å². The highest BCUT2D eigenvalue weighted by molar-refractivity contribution is 7.18. The summed E-state index contributed by atoms with van der Waals surface area (Å²) >= 11 is 7.88. The molecule has 5 nitrogen and oxygen atoms in total. The van der Waals surface area contributed by atoms with Crippen molar-refractivity contribution < 1.29 is 4.90 Å². The Morgan fingerprint density at radius 3 is 2.93 bits per heavy atom. The van der Waals surface area contributed by atoms with E-state index < -0.39 is 0 Å². The Balaban J connectivity index is 1.48. The molecule has 0 bridgehead atoms. The minimum absolute atomic E-state index is 0.107. The van der Waals surface area contributed by atoms with Gasteiger partial charge in [0.05, 0.1) is 27.7 Å². The smallest absolute Gasteiger partial charge is 0.258 e. The largest absolute Gasteiger partial charge is 0.320 e. The third-order valence-corrected chi connectivity index (χ3v) is 6.84. The third kappa shape index (κ3) is 3.32. The number of aromatic amines is 1. The van der Waals surface area contributed by atoms with Gasteiger partial charge in [-0.2, -0.15) is 0 Å². The van der Waals surface area contributed by atoms with E-state index in [1.807, 2.05) is 6.07 Å². The van der Waals surface area contributed by atoms with Gasteiger partial charge in [-0.25, -0.2) is 9.97 Å². The molecule has 3 heterocycles. The van der Waals surface area contributed by atoms with E-state index in [1.165, 1.54) is 27.4 Å². The number of nitrogens with zero attached hydrogens (tertiary/aromatic N) is 2. The minimum Gasteiger partial charge on any atom is -0.320 e. The highest BCUT2D eigenvalue weighted by Gasteiger charge is 2.31. The molecule has 28 heavy (non-hydrogen) atoms. The summed E-state index contributed by atoms with van der Waals surface area (Å²) in [5.41, 5.74) is 1.61. The van der Waals surface area contributed by atoms with Crippen LogP contribution < -0.4 is 10.5 Å². The van der Waals surface area contributed by atoms with Gasteiger partial charge in [0, 0.05) is 11.4 Å². The molecule has 1 aliphatic heterocycles. The second-order valence-electron chi connectivity index (χ2n) is 7.33. The predicted octanol–water partition coefficient (Wildman–Crippen LogP) is 3.50. The lowest BCUT2D eigenvalue weighted by atomic mass is 10.0. The van der Waals surface area contributed by atoms with E-state index in [0.29, 0.717) is 34.3 Å². The summed E-state index contributed by atoms with van der Waals surface area (Å²) < 4.78 is 1.23. The summed E-state index contributed by atoms with van der Waals surface area (Å²) in [6, 6.07) is 13.8. The van der Waals surface area contributed by atoms with Crippen LogP contribution in [0.5, 0.6) is 0 Å². The molecule has 142 valence electrons. The first kappa shape index (κ1) is 17.8. The maximum atomic E-state index is 12.5. The fourth-order valence-corrected chi connectivity index (χ4v) is 5.41. The van der Waals surface area contributed by atoms with Crippen molar-refractivity contribution in [2.45, 2.75) is 31.8 Å². The van der Waals surface area contributed by atoms with Crippen LogP contribution in [0.25, 0.3) is 21.1 Å². The normalized spacial score (nSPS) is 20.0. The van der Waals surface area contributed by atoms with Crippen LogP contribution in [-0.2, 0) is 6.54 Å². The predicted molar refractivity (Wildman–Crippen MR) is 113 cm³/mol. The number of fused-ring (bicyclic) bond motifs is 2. The molecule has 1 saturated heterocycles. The Morgan fingerprint density at radius 1 is 1.14 bits per heavy atom. The van der Waals surface area contributed by atoms with Crippen molar-refractivity contribution in [3.63, 3.8) is 0 Å². The summed E-state index contributed by atoms with van der Waals surface area (Å²) in [5.74, 6) is 0.711. The van der Waals surface area contributed by atoms with E-state index >= 15 is 0 Å².